The molecule has 0 saturated heterocycles. The summed E-state index contributed by atoms with van der Waals surface area (Å²) in [6.07, 6.45) is 0. The molecule has 4 heterocycles. The van der Waals surface area contributed by atoms with Crippen molar-refractivity contribution in [3.05, 3.63) is 231 Å². The van der Waals surface area contributed by atoms with E-state index in [1.807, 2.05) is 0 Å². The first-order valence-electron chi connectivity index (χ1n) is 23.4. The number of hydrogen-bond donors (Lipinski definition) is 0. The predicted octanol–water partition coefficient (Wildman–Crippen LogP) is 16.0. The van der Waals surface area contributed by atoms with Gasteiger partial charge in [-0.3, -0.25) is 4.57 Å². The number of aromatic nitrogens is 6. The van der Waals surface area contributed by atoms with Crippen molar-refractivity contribution in [2.45, 2.75) is 0 Å². The van der Waals surface area contributed by atoms with Gasteiger partial charge in [-0.1, -0.05) is 176 Å². The monoisotopic (exact) mass is 878 g/mol. The number of para-hydroxylation sites is 3. The van der Waals surface area contributed by atoms with Gasteiger partial charge in [-0.2, -0.15) is 9.97 Å². The average Bonchev–Trinajstić information content (AvgIpc) is 4.06. The number of fused-ring (bicyclic) bond motifs is 13. The fourth-order valence-corrected chi connectivity index (χ4v) is 11.3. The van der Waals surface area contributed by atoms with E-state index in [0.29, 0.717) is 17.6 Å². The third-order valence-electron chi connectivity index (χ3n) is 14.3. The summed E-state index contributed by atoms with van der Waals surface area (Å²) in [5.41, 5.74) is 10.8. The lowest BCUT2D eigenvalue weighted by molar-refractivity contribution is 0.955. The van der Waals surface area contributed by atoms with Crippen molar-refractivity contribution >= 4 is 97.7 Å². The first kappa shape index (κ1) is 37.8. The van der Waals surface area contributed by atoms with Gasteiger partial charge in [0, 0.05) is 49.1 Å². The minimum absolute atomic E-state index is 0.560. The van der Waals surface area contributed by atoms with Crippen molar-refractivity contribution in [2.75, 3.05) is 0 Å². The van der Waals surface area contributed by atoms with Gasteiger partial charge in [0.05, 0.1) is 38.8 Å². The van der Waals surface area contributed by atoms with E-state index in [9.17, 15) is 0 Å². The van der Waals surface area contributed by atoms with E-state index in [1.165, 1.54) is 43.4 Å². The highest BCUT2D eigenvalue weighted by Gasteiger charge is 2.25. The van der Waals surface area contributed by atoms with Gasteiger partial charge >= 0.3 is 0 Å². The zero-order valence-electron chi connectivity index (χ0n) is 37.1. The van der Waals surface area contributed by atoms with Crippen LogP contribution in [0.1, 0.15) is 0 Å². The summed E-state index contributed by atoms with van der Waals surface area (Å²) in [5.74, 6) is 1.80. The maximum Gasteiger partial charge on any atom is 0.238 e. The summed E-state index contributed by atoms with van der Waals surface area (Å²) in [6, 6.07) is 82.7. The molecule has 6 nitrogen and oxygen atoms in total. The molecule has 0 bridgehead atoms. The van der Waals surface area contributed by atoms with E-state index in [4.69, 9.17) is 15.0 Å². The molecule has 0 aliphatic heterocycles. The topological polar surface area (TPSA) is 53.5 Å². The van der Waals surface area contributed by atoms with Crippen LogP contribution in [0.2, 0.25) is 0 Å². The fourth-order valence-electron chi connectivity index (χ4n) is 11.3. The van der Waals surface area contributed by atoms with E-state index >= 15 is 0 Å². The Balaban J connectivity index is 1.02. The average molecular weight is 879 g/mol. The molecule has 0 atom stereocenters. The van der Waals surface area contributed by atoms with Crippen molar-refractivity contribution < 1.29 is 0 Å². The Morgan fingerprint density at radius 2 is 0.696 bits per heavy atom. The molecule has 0 amide bonds. The second-order valence-electron chi connectivity index (χ2n) is 18.0. The van der Waals surface area contributed by atoms with Crippen LogP contribution in [0.25, 0.3) is 138 Å². The third-order valence-corrected chi connectivity index (χ3v) is 14.3. The smallest absolute Gasteiger partial charge is 0.238 e. The predicted molar refractivity (Wildman–Crippen MR) is 286 cm³/mol. The lowest BCUT2D eigenvalue weighted by atomic mass is 10.0. The van der Waals surface area contributed by atoms with E-state index < -0.39 is 0 Å². The summed E-state index contributed by atoms with van der Waals surface area (Å²) < 4.78 is 7.15. The second-order valence-corrected chi connectivity index (χ2v) is 18.0. The van der Waals surface area contributed by atoms with Gasteiger partial charge < -0.3 is 9.13 Å². The van der Waals surface area contributed by atoms with E-state index in [1.54, 1.807) is 0 Å². The molecule has 0 radical (unpaired) electrons. The van der Waals surface area contributed by atoms with Crippen LogP contribution in [-0.4, -0.2) is 28.7 Å². The molecule has 0 unspecified atom stereocenters. The Bertz CT molecular complexity index is 4520. The van der Waals surface area contributed by atoms with Crippen molar-refractivity contribution in [2.24, 2.45) is 0 Å². The standard InChI is InChI=1S/C63H38N6/c1-2-19-42-38-43(35-34-39(42)16-1)67-51-29-10-8-25-49(51)59-56(67)36-37-57-60(59)50-26-9-11-30-52(50)68(57)54-32-15-33-55-58(54)48-24-7-12-31-53(48)69(55)63-65-61(46-27-13-20-40-17-3-5-22-44(40)46)64-62(66-63)47-28-14-21-41-18-4-6-23-45(41)47/h1-38H. The highest BCUT2D eigenvalue weighted by molar-refractivity contribution is 6.29. The molecule has 0 spiro atoms. The van der Waals surface area contributed by atoms with Crippen molar-refractivity contribution in [3.8, 4) is 40.1 Å². The van der Waals surface area contributed by atoms with Crippen LogP contribution >= 0.6 is 0 Å². The van der Waals surface area contributed by atoms with Gasteiger partial charge in [-0.15, -0.1) is 0 Å². The summed E-state index contributed by atoms with van der Waals surface area (Å²) in [4.78, 5) is 16.2. The highest BCUT2D eigenvalue weighted by atomic mass is 15.2. The molecule has 0 aliphatic rings. The third kappa shape index (κ3) is 5.51. The van der Waals surface area contributed by atoms with E-state index in [0.717, 1.165) is 76.9 Å². The Labute approximate surface area is 395 Å². The number of hydrogen-bond acceptors (Lipinski definition) is 3. The summed E-state index contributed by atoms with van der Waals surface area (Å²) >= 11 is 0. The van der Waals surface area contributed by atoms with E-state index in [2.05, 4.69) is 244 Å². The van der Waals surface area contributed by atoms with Crippen LogP contribution in [0, 0.1) is 0 Å². The normalized spacial score (nSPS) is 12.1. The molecule has 0 aliphatic carbocycles. The molecule has 69 heavy (non-hydrogen) atoms. The van der Waals surface area contributed by atoms with Gasteiger partial charge in [0.15, 0.2) is 11.6 Å². The summed E-state index contributed by atoms with van der Waals surface area (Å²) in [5, 5.41) is 14.0. The van der Waals surface area contributed by atoms with E-state index in [-0.39, 0.29) is 0 Å². The van der Waals surface area contributed by atoms with Crippen molar-refractivity contribution in [1.82, 2.24) is 28.7 Å². The van der Waals surface area contributed by atoms with Crippen LogP contribution in [0.15, 0.2) is 231 Å². The molecule has 6 heteroatoms. The number of benzene rings is 11. The molecular formula is C63H38N6. The maximum atomic E-state index is 5.43. The Kier molecular flexibility index (Phi) is 7.97. The molecule has 15 aromatic rings. The summed E-state index contributed by atoms with van der Waals surface area (Å²) in [6.45, 7) is 0. The summed E-state index contributed by atoms with van der Waals surface area (Å²) in [7, 11) is 0. The molecule has 0 fully saturated rings. The lowest BCUT2D eigenvalue weighted by Gasteiger charge is -2.14. The lowest BCUT2D eigenvalue weighted by Crippen LogP contribution is -2.07. The molecule has 4 aromatic heterocycles. The second kappa shape index (κ2) is 14.6. The molecular weight excluding hydrogens is 841 g/mol. The zero-order valence-corrected chi connectivity index (χ0v) is 37.1. The first-order valence-corrected chi connectivity index (χ1v) is 23.4. The van der Waals surface area contributed by atoms with Crippen LogP contribution in [0.5, 0.6) is 0 Å². The first-order chi connectivity index (χ1) is 34.2. The van der Waals surface area contributed by atoms with Crippen LogP contribution in [-0.2, 0) is 0 Å². The van der Waals surface area contributed by atoms with Gasteiger partial charge in [0.2, 0.25) is 5.95 Å². The number of rotatable bonds is 5. The molecule has 0 N–H and O–H groups in total. The highest BCUT2D eigenvalue weighted by Crippen LogP contribution is 2.45. The Morgan fingerprint density at radius 1 is 0.261 bits per heavy atom. The molecule has 0 saturated carbocycles. The molecule has 11 aromatic carbocycles. The SMILES string of the molecule is c1ccc2cc(-n3c4ccccc4c4c5c6ccccc6n(-c6cccc7c6c6ccccc6n7-c6nc(-c7cccc8ccccc78)nc(-c7cccc8ccccc78)n6)c5ccc43)ccc2c1. The maximum absolute atomic E-state index is 5.43. The van der Waals surface area contributed by atoms with Crippen molar-refractivity contribution in [3.63, 3.8) is 0 Å². The van der Waals surface area contributed by atoms with Crippen LogP contribution < -0.4 is 0 Å². The van der Waals surface area contributed by atoms with Gasteiger partial charge in [-0.05, 0) is 86.9 Å². The minimum atomic E-state index is 0.560. The molecule has 320 valence electrons. The van der Waals surface area contributed by atoms with Gasteiger partial charge in [-0.25, -0.2) is 4.98 Å². The van der Waals surface area contributed by atoms with Crippen LogP contribution in [0.4, 0.5) is 0 Å². The van der Waals surface area contributed by atoms with Gasteiger partial charge in [0.25, 0.3) is 0 Å². The fraction of sp³-hybridized carbons (Fsp3) is 0. The largest absolute Gasteiger partial charge is 0.309 e. The number of nitrogens with zero attached hydrogens (tertiary/aromatic N) is 6. The van der Waals surface area contributed by atoms with Gasteiger partial charge in [0.1, 0.15) is 0 Å². The Morgan fingerprint density at radius 3 is 1.32 bits per heavy atom. The minimum Gasteiger partial charge on any atom is -0.309 e. The quantitative estimate of drug-likeness (QED) is 0.173. The van der Waals surface area contributed by atoms with Crippen molar-refractivity contribution in [1.29, 1.82) is 0 Å². The molecule has 15 rings (SSSR count). The Hall–Kier alpha value is -9.39. The van der Waals surface area contributed by atoms with Crippen LogP contribution in [0.3, 0.4) is 0 Å². The zero-order chi connectivity index (χ0) is 45.2.